The average molecular weight is 673 g/mol. The number of benzene rings is 1. The standard InChI is InChI=1S/C32H36ClF3N8O3/c1-20-5-3-7-42(14-20)15-21-9-23-24(25(10-21)32(34,35)36)16-44(29(23)45)28-12-22(11-27(40-28)43(30(33)46)8-4-6-37)31(17-47-18-31)13-26(39)41(2)19-38/h9-12,19-20,38-39H,3-5,7-8,13-18H2,1-2H3/t20-/m0/s1. The number of amides is 2. The zero-order valence-electron chi connectivity index (χ0n) is 26.2. The lowest BCUT2D eigenvalue weighted by Gasteiger charge is -2.43. The van der Waals surface area contributed by atoms with Crippen molar-refractivity contribution in [2.45, 2.75) is 57.3 Å². The maximum Gasteiger partial charge on any atom is 0.416 e. The van der Waals surface area contributed by atoms with Crippen molar-refractivity contribution in [2.24, 2.45) is 5.92 Å². The van der Waals surface area contributed by atoms with Gasteiger partial charge in [0.1, 0.15) is 17.5 Å². The summed E-state index contributed by atoms with van der Waals surface area (Å²) in [5.74, 6) is -0.128. The van der Waals surface area contributed by atoms with Crippen molar-refractivity contribution in [3.63, 3.8) is 0 Å². The molecule has 3 aliphatic heterocycles. The number of ether oxygens (including phenoxy) is 1. The summed E-state index contributed by atoms with van der Waals surface area (Å²) < 4.78 is 49.0. The highest BCUT2D eigenvalue weighted by Gasteiger charge is 2.45. The van der Waals surface area contributed by atoms with E-state index in [2.05, 4.69) is 16.8 Å². The number of nitrogens with zero attached hydrogens (tertiary/aromatic N) is 6. The number of likely N-dealkylation sites (tertiary alicyclic amines) is 1. The molecule has 250 valence electrons. The van der Waals surface area contributed by atoms with Crippen molar-refractivity contribution in [3.05, 3.63) is 52.1 Å². The van der Waals surface area contributed by atoms with Crippen molar-refractivity contribution in [2.75, 3.05) is 49.7 Å². The van der Waals surface area contributed by atoms with E-state index in [1.807, 2.05) is 6.07 Å². The quantitative estimate of drug-likeness (QED) is 0.142. The van der Waals surface area contributed by atoms with Gasteiger partial charge >= 0.3 is 11.5 Å². The smallest absolute Gasteiger partial charge is 0.379 e. The lowest BCUT2D eigenvalue weighted by molar-refractivity contribution is -0.138. The molecule has 0 radical (unpaired) electrons. The molecule has 3 aliphatic rings. The zero-order valence-corrected chi connectivity index (χ0v) is 26.9. The number of nitriles is 1. The minimum atomic E-state index is -4.71. The molecule has 0 bridgehead atoms. The highest BCUT2D eigenvalue weighted by atomic mass is 35.5. The molecule has 11 nitrogen and oxygen atoms in total. The highest BCUT2D eigenvalue weighted by molar-refractivity contribution is 6.66. The molecular weight excluding hydrogens is 637 g/mol. The molecule has 0 saturated carbocycles. The lowest BCUT2D eigenvalue weighted by atomic mass is 9.75. The molecule has 0 unspecified atom stereocenters. The van der Waals surface area contributed by atoms with Gasteiger partial charge in [0.25, 0.3) is 5.91 Å². The van der Waals surface area contributed by atoms with Gasteiger partial charge in [0, 0.05) is 44.1 Å². The molecule has 2 fully saturated rings. The largest absolute Gasteiger partial charge is 0.416 e. The first-order valence-electron chi connectivity index (χ1n) is 15.3. The van der Waals surface area contributed by atoms with Crippen LogP contribution in [-0.2, 0) is 29.4 Å². The Hall–Kier alpha value is -4.06. The fraction of sp³-hybridized carbons (Fsp3) is 0.500. The van der Waals surface area contributed by atoms with Crippen LogP contribution in [0.1, 0.15) is 65.2 Å². The zero-order chi connectivity index (χ0) is 34.1. The molecule has 2 aromatic rings. The van der Waals surface area contributed by atoms with Crippen LogP contribution in [0.4, 0.5) is 29.6 Å². The molecule has 5 rings (SSSR count). The number of hydrogen-bond donors (Lipinski definition) is 2. The summed E-state index contributed by atoms with van der Waals surface area (Å²) in [4.78, 5) is 36.6. The number of hydrogen-bond acceptors (Lipinski definition) is 8. The maximum atomic E-state index is 14.5. The number of carbonyl (C=O) groups is 2. The van der Waals surface area contributed by atoms with Crippen molar-refractivity contribution in [3.8, 4) is 6.07 Å². The number of amidine groups is 1. The second-order valence-corrected chi connectivity index (χ2v) is 12.9. The van der Waals surface area contributed by atoms with Gasteiger partial charge in [-0.3, -0.25) is 35.1 Å². The molecule has 0 aliphatic carbocycles. The topological polar surface area (TPSA) is 141 Å². The third-order valence-corrected chi connectivity index (χ3v) is 9.26. The summed E-state index contributed by atoms with van der Waals surface area (Å²) in [5, 5.41) is 24.3. The van der Waals surface area contributed by atoms with Crippen LogP contribution in [0.3, 0.4) is 0 Å². The Morgan fingerprint density at radius 1 is 1.30 bits per heavy atom. The fourth-order valence-electron chi connectivity index (χ4n) is 6.47. The second-order valence-electron chi connectivity index (χ2n) is 12.6. The van der Waals surface area contributed by atoms with E-state index in [9.17, 15) is 28.0 Å². The van der Waals surface area contributed by atoms with Gasteiger partial charge in [0.15, 0.2) is 0 Å². The monoisotopic (exact) mass is 672 g/mol. The van der Waals surface area contributed by atoms with Gasteiger partial charge in [-0.2, -0.15) is 18.4 Å². The third-order valence-electron chi connectivity index (χ3n) is 9.06. The van der Waals surface area contributed by atoms with Crippen LogP contribution >= 0.6 is 11.6 Å². The molecule has 2 saturated heterocycles. The summed E-state index contributed by atoms with van der Waals surface area (Å²) in [6.07, 6.45) is -1.65. The molecule has 1 atom stereocenters. The Balaban J connectivity index is 1.58. The van der Waals surface area contributed by atoms with E-state index in [4.69, 9.17) is 27.2 Å². The summed E-state index contributed by atoms with van der Waals surface area (Å²) in [6, 6.07) is 7.75. The van der Waals surface area contributed by atoms with Crippen LogP contribution in [0.2, 0.25) is 0 Å². The molecule has 2 amide bonds. The number of pyridine rings is 1. The van der Waals surface area contributed by atoms with E-state index in [0.29, 0.717) is 17.0 Å². The molecule has 15 heteroatoms. The van der Waals surface area contributed by atoms with Crippen LogP contribution in [0.15, 0.2) is 24.3 Å². The van der Waals surface area contributed by atoms with E-state index in [1.165, 1.54) is 11.0 Å². The Labute approximate surface area is 275 Å². The van der Waals surface area contributed by atoms with Gasteiger partial charge in [0.05, 0.1) is 44.2 Å². The number of alkyl halides is 3. The Morgan fingerprint density at radius 3 is 2.64 bits per heavy atom. The van der Waals surface area contributed by atoms with Crippen LogP contribution < -0.4 is 9.80 Å². The minimum Gasteiger partial charge on any atom is -0.379 e. The van der Waals surface area contributed by atoms with E-state index >= 15 is 0 Å². The Bertz CT molecular complexity index is 1620. The number of rotatable bonds is 10. The average Bonchev–Trinajstić information content (AvgIpc) is 3.33. The first-order valence-corrected chi connectivity index (χ1v) is 15.7. The first-order chi connectivity index (χ1) is 22.3. The van der Waals surface area contributed by atoms with E-state index in [0.717, 1.165) is 48.1 Å². The van der Waals surface area contributed by atoms with E-state index in [1.54, 1.807) is 19.2 Å². The number of carbonyl (C=O) groups excluding carboxylic acids is 2. The molecule has 2 N–H and O–H groups in total. The van der Waals surface area contributed by atoms with Gasteiger partial charge in [0.2, 0.25) is 0 Å². The summed E-state index contributed by atoms with van der Waals surface area (Å²) in [6.45, 7) is 3.75. The van der Waals surface area contributed by atoms with Gasteiger partial charge in [-0.05, 0) is 77.9 Å². The summed E-state index contributed by atoms with van der Waals surface area (Å²) in [5.41, 5.74) is -0.982. The lowest BCUT2D eigenvalue weighted by Crippen LogP contribution is -2.50. The number of anilines is 2. The summed E-state index contributed by atoms with van der Waals surface area (Å²) in [7, 11) is 1.56. The predicted molar refractivity (Wildman–Crippen MR) is 170 cm³/mol. The number of fused-ring (bicyclic) bond motifs is 1. The number of nitrogens with one attached hydrogen (secondary N) is 2. The Morgan fingerprint density at radius 2 is 2.04 bits per heavy atom. The molecule has 1 aromatic heterocycles. The second kappa shape index (κ2) is 13.6. The molecule has 1 aromatic carbocycles. The van der Waals surface area contributed by atoms with Crippen molar-refractivity contribution in [1.29, 1.82) is 16.1 Å². The van der Waals surface area contributed by atoms with Crippen LogP contribution in [0.25, 0.3) is 0 Å². The minimum absolute atomic E-state index is 0.00341. The fourth-order valence-corrected chi connectivity index (χ4v) is 6.64. The van der Waals surface area contributed by atoms with E-state index in [-0.39, 0.29) is 67.7 Å². The third kappa shape index (κ3) is 7.12. The maximum absolute atomic E-state index is 14.5. The normalized spacial score (nSPS) is 19.0. The SMILES string of the molecule is C[C@H]1CCCN(Cc2cc3c(c(C(F)(F)F)c2)CN(c2cc(C4(CC(=N)N(C)C=N)COC4)cc(N(CCC#N)C(=O)Cl)n2)C3=O)C1. The predicted octanol–water partition coefficient (Wildman–Crippen LogP) is 5.75. The highest BCUT2D eigenvalue weighted by Crippen LogP contribution is 2.43. The number of piperidine rings is 1. The molecule has 47 heavy (non-hydrogen) atoms. The van der Waals surface area contributed by atoms with Gasteiger partial charge in [-0.1, -0.05) is 6.92 Å². The van der Waals surface area contributed by atoms with Crippen molar-refractivity contribution in [1.82, 2.24) is 14.8 Å². The van der Waals surface area contributed by atoms with Crippen molar-refractivity contribution < 1.29 is 27.5 Å². The molecule has 4 heterocycles. The van der Waals surface area contributed by atoms with Crippen LogP contribution in [0.5, 0.6) is 0 Å². The van der Waals surface area contributed by atoms with Crippen molar-refractivity contribution >= 4 is 46.7 Å². The van der Waals surface area contributed by atoms with Crippen LogP contribution in [0, 0.1) is 28.1 Å². The molecular formula is C32H36ClF3N8O3. The number of halogens is 4. The Kier molecular flexibility index (Phi) is 9.91. The van der Waals surface area contributed by atoms with Gasteiger partial charge in [-0.25, -0.2) is 4.98 Å². The van der Waals surface area contributed by atoms with Crippen LogP contribution in [-0.4, -0.2) is 78.1 Å². The van der Waals surface area contributed by atoms with E-state index < -0.39 is 35.0 Å². The number of aromatic nitrogens is 1. The van der Waals surface area contributed by atoms with Gasteiger partial charge < -0.3 is 9.64 Å². The first kappa shape index (κ1) is 34.3. The van der Waals surface area contributed by atoms with Gasteiger partial charge in [-0.15, -0.1) is 0 Å². The summed E-state index contributed by atoms with van der Waals surface area (Å²) >= 11 is 5.90. The molecule has 0 spiro atoms.